The maximum absolute atomic E-state index is 13.2. The number of allylic oxidation sites excluding steroid dienone is 5. The summed E-state index contributed by atoms with van der Waals surface area (Å²) < 4.78 is 2.33. The van der Waals surface area contributed by atoms with Crippen LogP contribution in [0.2, 0.25) is 6.55 Å². The summed E-state index contributed by atoms with van der Waals surface area (Å²) in [6, 6.07) is 10.4. The van der Waals surface area contributed by atoms with Gasteiger partial charge >= 0.3 is 5.97 Å². The predicted octanol–water partition coefficient (Wildman–Crippen LogP) is 2.20. The summed E-state index contributed by atoms with van der Waals surface area (Å²) in [4.78, 5) is 57.5. The van der Waals surface area contributed by atoms with E-state index in [0.29, 0.717) is 16.2 Å². The van der Waals surface area contributed by atoms with E-state index >= 15 is 0 Å². The van der Waals surface area contributed by atoms with Crippen molar-refractivity contribution in [2.24, 2.45) is 0 Å². The summed E-state index contributed by atoms with van der Waals surface area (Å²) in [5.41, 5.74) is 6.99. The lowest BCUT2D eigenvalue weighted by Gasteiger charge is -2.40. The van der Waals surface area contributed by atoms with Gasteiger partial charge in [0.25, 0.3) is 11.8 Å². The number of carbonyl (C=O) groups is 4. The summed E-state index contributed by atoms with van der Waals surface area (Å²) >= 11 is 0. The predicted molar refractivity (Wildman–Crippen MR) is 165 cm³/mol. The molecule has 0 aromatic heterocycles. The molecule has 3 saturated heterocycles. The molecule has 44 heavy (non-hydrogen) atoms. The minimum absolute atomic E-state index is 0.0109. The van der Waals surface area contributed by atoms with Gasteiger partial charge < -0.3 is 19.6 Å². The standard InChI is InChI=1S/C34H31N3O6Si/c1-3-44(2)28-19-22(35-14-4-15-35)7-10-25(28)32(26-11-8-23(20-29(26)44)36-16-5-17-36)27-18-21(6-9-24(27)33(40)41)34(42)43-37-30(38)12-13-31(37)39/h3,6-11,18-20H,1,4-5,12-17H2,2H3. The van der Waals surface area contributed by atoms with Crippen LogP contribution in [0.5, 0.6) is 0 Å². The smallest absolute Gasteiger partial charge is 0.363 e. The van der Waals surface area contributed by atoms with Crippen LogP contribution in [0.1, 0.15) is 57.5 Å². The van der Waals surface area contributed by atoms with Crippen molar-refractivity contribution in [3.8, 4) is 0 Å². The summed E-state index contributed by atoms with van der Waals surface area (Å²) in [6.07, 6.45) is 8.55. The van der Waals surface area contributed by atoms with Crippen molar-refractivity contribution < 1.29 is 33.7 Å². The van der Waals surface area contributed by atoms with Crippen molar-refractivity contribution in [1.29, 1.82) is 0 Å². The molecule has 2 amide bonds. The zero-order valence-corrected chi connectivity index (χ0v) is 25.4. The van der Waals surface area contributed by atoms with E-state index in [-0.39, 0.29) is 24.0 Å². The molecule has 4 heterocycles. The Morgan fingerprint density at radius 3 is 2.36 bits per heavy atom. The molecule has 222 valence electrons. The Balaban J connectivity index is 1.44. The van der Waals surface area contributed by atoms with Crippen molar-refractivity contribution in [3.05, 3.63) is 99.9 Å². The van der Waals surface area contributed by atoms with E-state index in [1.54, 1.807) is 0 Å². The van der Waals surface area contributed by atoms with Crippen LogP contribution in [0.25, 0.3) is 5.57 Å². The van der Waals surface area contributed by atoms with Crippen molar-refractivity contribution in [2.45, 2.75) is 32.2 Å². The van der Waals surface area contributed by atoms with Gasteiger partial charge in [-0.25, -0.2) is 9.37 Å². The Bertz CT molecular complexity index is 1810. The van der Waals surface area contributed by atoms with Gasteiger partial charge in [-0.15, -0.1) is 11.6 Å². The Morgan fingerprint density at radius 2 is 1.75 bits per heavy atom. The Morgan fingerprint density at radius 1 is 1.00 bits per heavy atom. The fourth-order valence-electron chi connectivity index (χ4n) is 6.55. The maximum Gasteiger partial charge on any atom is 0.363 e. The molecule has 2 aromatic rings. The highest BCUT2D eigenvalue weighted by Crippen LogP contribution is 2.43. The third kappa shape index (κ3) is 4.31. The normalized spacial score (nSPS) is 22.2. The van der Waals surface area contributed by atoms with Gasteiger partial charge in [0.2, 0.25) is 0 Å². The van der Waals surface area contributed by atoms with Crippen LogP contribution < -0.4 is 15.2 Å². The maximum atomic E-state index is 13.2. The number of hydrogen-bond acceptors (Lipinski definition) is 7. The monoisotopic (exact) mass is 605 g/mol. The number of imide groups is 1. The molecule has 1 aliphatic carbocycles. The number of carbonyl (C=O) groups excluding carboxylic acids is 4. The fourth-order valence-corrected chi connectivity index (χ4v) is 9.71. The average Bonchev–Trinajstić information content (AvgIpc) is 3.28. The summed E-state index contributed by atoms with van der Waals surface area (Å²) in [6.45, 7) is 10.5. The van der Waals surface area contributed by atoms with Gasteiger partial charge in [-0.2, -0.15) is 0 Å². The number of nitrogens with zero attached hydrogens (tertiary/aromatic N) is 3. The number of fused-ring (bicyclic) bond motifs is 2. The molecule has 0 radical (unpaired) electrons. The van der Waals surface area contributed by atoms with E-state index in [4.69, 9.17) is 4.84 Å². The van der Waals surface area contributed by atoms with Crippen LogP contribution in [0, 0.1) is 0 Å². The van der Waals surface area contributed by atoms with Gasteiger partial charge in [-0.3, -0.25) is 9.59 Å². The first-order valence-electron chi connectivity index (χ1n) is 14.9. The van der Waals surface area contributed by atoms with Crippen LogP contribution >= 0.6 is 0 Å². The molecule has 0 spiro atoms. The summed E-state index contributed by atoms with van der Waals surface area (Å²) in [5, 5.41) is 15.3. The van der Waals surface area contributed by atoms with E-state index in [1.165, 1.54) is 18.2 Å². The van der Waals surface area contributed by atoms with E-state index in [2.05, 4.69) is 52.6 Å². The average molecular weight is 606 g/mol. The third-order valence-electron chi connectivity index (χ3n) is 9.44. The first-order valence-corrected chi connectivity index (χ1v) is 17.5. The second-order valence-corrected chi connectivity index (χ2v) is 15.8. The van der Waals surface area contributed by atoms with E-state index in [0.717, 1.165) is 71.9 Å². The second-order valence-electron chi connectivity index (χ2n) is 11.9. The molecule has 0 saturated carbocycles. The summed E-state index contributed by atoms with van der Waals surface area (Å²) in [7, 11) is -2.53. The van der Waals surface area contributed by atoms with Crippen molar-refractivity contribution in [2.75, 3.05) is 31.1 Å². The Hall–Kier alpha value is -4.83. The number of rotatable bonds is 6. The van der Waals surface area contributed by atoms with E-state index in [9.17, 15) is 24.3 Å². The van der Waals surface area contributed by atoms with Crippen molar-refractivity contribution >= 4 is 54.0 Å². The number of aromatic carboxylic acids is 1. The third-order valence-corrected chi connectivity index (χ3v) is 13.3. The molecular formula is C34H31N3O6Si. The number of carboxylic acid groups (broad SMARTS) is 1. The quantitative estimate of drug-likeness (QED) is 0.282. The largest absolute Gasteiger partial charge is 0.545 e. The van der Waals surface area contributed by atoms with E-state index in [1.807, 2.05) is 12.1 Å². The SMILES string of the molecule is C=C[Si]1(C)C2=CC(=[N+]3CCC3)C=CC2=C(c2cc(C(=O)ON3C(=O)CCC3=O)ccc2C(=O)[O-])c2ccc(N3CCC3)cc21. The molecule has 1 unspecified atom stereocenters. The van der Waals surface area contributed by atoms with Crippen LogP contribution in [0.15, 0.2) is 77.7 Å². The first-order chi connectivity index (χ1) is 21.2. The lowest BCUT2D eigenvalue weighted by molar-refractivity contribution is -0.582. The van der Waals surface area contributed by atoms with Gasteiger partial charge in [-0.1, -0.05) is 24.4 Å². The zero-order chi connectivity index (χ0) is 30.7. The molecule has 4 aliphatic heterocycles. The number of carboxylic acids is 1. The molecule has 0 bridgehead atoms. The molecule has 7 rings (SSSR count). The summed E-state index contributed by atoms with van der Waals surface area (Å²) in [5.74, 6) is -3.50. The molecule has 1 atom stereocenters. The lowest BCUT2D eigenvalue weighted by atomic mass is 9.86. The zero-order valence-electron chi connectivity index (χ0n) is 24.4. The Labute approximate surface area is 255 Å². The van der Waals surface area contributed by atoms with Crippen LogP contribution in [0.3, 0.4) is 0 Å². The second kappa shape index (κ2) is 10.4. The van der Waals surface area contributed by atoms with Gasteiger partial charge in [0, 0.05) is 49.3 Å². The minimum Gasteiger partial charge on any atom is -0.545 e. The lowest BCUT2D eigenvalue weighted by Crippen LogP contribution is -2.51. The number of amides is 2. The molecule has 2 aromatic carbocycles. The van der Waals surface area contributed by atoms with Crippen LogP contribution in [-0.2, 0) is 14.4 Å². The highest BCUT2D eigenvalue weighted by molar-refractivity contribution is 7.02. The number of benzene rings is 2. The molecule has 3 fully saturated rings. The number of hydroxylamine groups is 2. The first kappa shape index (κ1) is 28.0. The van der Waals surface area contributed by atoms with Crippen molar-refractivity contribution in [3.63, 3.8) is 0 Å². The van der Waals surface area contributed by atoms with Crippen LogP contribution in [-0.4, -0.2) is 73.4 Å². The molecular weight excluding hydrogens is 574 g/mol. The highest BCUT2D eigenvalue weighted by atomic mass is 28.3. The van der Waals surface area contributed by atoms with Crippen molar-refractivity contribution in [1.82, 2.24) is 5.06 Å². The van der Waals surface area contributed by atoms with Gasteiger partial charge in [0.1, 0.15) is 21.2 Å². The van der Waals surface area contributed by atoms with E-state index < -0.39 is 31.8 Å². The fraction of sp³-hybridized carbons (Fsp3) is 0.265. The number of hydrogen-bond donors (Lipinski definition) is 0. The number of anilines is 1. The molecule has 5 aliphatic rings. The molecule has 9 nitrogen and oxygen atoms in total. The minimum atomic E-state index is -2.53. The van der Waals surface area contributed by atoms with Gasteiger partial charge in [0.05, 0.1) is 18.0 Å². The molecule has 10 heteroatoms. The highest BCUT2D eigenvalue weighted by Gasteiger charge is 2.43. The molecule has 0 N–H and O–H groups in total. The van der Waals surface area contributed by atoms with Gasteiger partial charge in [-0.05, 0) is 69.4 Å². The Kier molecular flexibility index (Phi) is 6.62. The van der Waals surface area contributed by atoms with Crippen LogP contribution in [0.4, 0.5) is 5.69 Å². The van der Waals surface area contributed by atoms with Gasteiger partial charge in [0.15, 0.2) is 5.71 Å². The topological polar surface area (TPSA) is 110 Å².